The number of amides is 1. The zero-order valence-corrected chi connectivity index (χ0v) is 9.68. The first-order valence-electron chi connectivity index (χ1n) is 5.61. The molecular weight excluding hydrogens is 206 g/mol. The second kappa shape index (κ2) is 4.25. The third-order valence-electron chi connectivity index (χ3n) is 2.92. The summed E-state index contributed by atoms with van der Waals surface area (Å²) in [5.41, 5.74) is 1.49. The molecule has 88 valence electrons. The van der Waals surface area contributed by atoms with Gasteiger partial charge in [-0.05, 0) is 12.8 Å². The van der Waals surface area contributed by atoms with E-state index in [2.05, 4.69) is 5.10 Å². The Morgan fingerprint density at radius 3 is 3.00 bits per heavy atom. The number of hydrogen-bond donors (Lipinski definition) is 1. The van der Waals surface area contributed by atoms with E-state index < -0.39 is 0 Å². The van der Waals surface area contributed by atoms with Crippen LogP contribution in [0, 0.1) is 0 Å². The van der Waals surface area contributed by atoms with Crippen molar-refractivity contribution in [3.8, 4) is 0 Å². The van der Waals surface area contributed by atoms with Crippen molar-refractivity contribution in [1.29, 1.82) is 0 Å². The summed E-state index contributed by atoms with van der Waals surface area (Å²) in [5.74, 6) is -0.0125. The first-order chi connectivity index (χ1) is 7.61. The van der Waals surface area contributed by atoms with Gasteiger partial charge in [-0.3, -0.25) is 9.48 Å². The molecule has 1 aromatic rings. The van der Waals surface area contributed by atoms with Crippen LogP contribution in [-0.2, 0) is 13.5 Å². The summed E-state index contributed by atoms with van der Waals surface area (Å²) in [6.07, 6.45) is 2.81. The van der Waals surface area contributed by atoms with Crippen LogP contribution >= 0.6 is 0 Å². The number of β-amino-alcohol motifs (C(OH)–C–C–N with tert-alkyl or cyclic N) is 1. The minimum absolute atomic E-state index is 0.0125. The maximum Gasteiger partial charge on any atom is 0.257 e. The standard InChI is InChI=1S/C11H17N3O2/c1-3-10-9(7-13(2)12-10)11(16)14-5-4-8(15)6-14/h7-8,15H,3-6H2,1-2H3. The van der Waals surface area contributed by atoms with E-state index in [1.807, 2.05) is 14.0 Å². The lowest BCUT2D eigenvalue weighted by Crippen LogP contribution is -2.29. The lowest BCUT2D eigenvalue weighted by Gasteiger charge is -2.14. The number of carbonyl (C=O) groups excluding carboxylic acids is 1. The molecule has 2 heterocycles. The molecule has 5 heteroatoms. The molecule has 2 rings (SSSR count). The summed E-state index contributed by atoms with van der Waals surface area (Å²) in [7, 11) is 1.81. The van der Waals surface area contributed by atoms with Crippen molar-refractivity contribution in [1.82, 2.24) is 14.7 Å². The van der Waals surface area contributed by atoms with Crippen LogP contribution in [0.15, 0.2) is 6.20 Å². The zero-order valence-electron chi connectivity index (χ0n) is 9.68. The van der Waals surface area contributed by atoms with E-state index in [9.17, 15) is 9.90 Å². The highest BCUT2D eigenvalue weighted by atomic mass is 16.3. The van der Waals surface area contributed by atoms with E-state index in [1.165, 1.54) is 0 Å². The van der Waals surface area contributed by atoms with Crippen molar-refractivity contribution >= 4 is 5.91 Å². The van der Waals surface area contributed by atoms with E-state index in [4.69, 9.17) is 0 Å². The lowest BCUT2D eigenvalue weighted by molar-refractivity contribution is 0.0764. The maximum atomic E-state index is 12.1. The first kappa shape index (κ1) is 11.1. The van der Waals surface area contributed by atoms with Crippen molar-refractivity contribution in [3.05, 3.63) is 17.5 Å². The van der Waals surface area contributed by atoms with E-state index in [-0.39, 0.29) is 12.0 Å². The average Bonchev–Trinajstić information content (AvgIpc) is 2.83. The van der Waals surface area contributed by atoms with Crippen LogP contribution in [0.1, 0.15) is 29.4 Å². The van der Waals surface area contributed by atoms with Gasteiger partial charge >= 0.3 is 0 Å². The number of hydrogen-bond acceptors (Lipinski definition) is 3. The number of carbonyl (C=O) groups is 1. The third-order valence-corrected chi connectivity index (χ3v) is 2.92. The normalized spacial score (nSPS) is 20.4. The molecule has 16 heavy (non-hydrogen) atoms. The number of likely N-dealkylation sites (tertiary alicyclic amines) is 1. The number of aliphatic hydroxyl groups is 1. The van der Waals surface area contributed by atoms with E-state index in [0.29, 0.717) is 25.1 Å². The zero-order chi connectivity index (χ0) is 11.7. The number of aromatic nitrogens is 2. The van der Waals surface area contributed by atoms with Gasteiger partial charge in [-0.2, -0.15) is 5.10 Å². The van der Waals surface area contributed by atoms with E-state index in [1.54, 1.807) is 15.8 Å². The average molecular weight is 223 g/mol. The molecule has 0 saturated carbocycles. The largest absolute Gasteiger partial charge is 0.391 e. The van der Waals surface area contributed by atoms with Crippen LogP contribution in [0.3, 0.4) is 0 Å². The van der Waals surface area contributed by atoms with Crippen molar-refractivity contribution in [2.75, 3.05) is 13.1 Å². The van der Waals surface area contributed by atoms with Crippen LogP contribution in [0.25, 0.3) is 0 Å². The molecule has 5 nitrogen and oxygen atoms in total. The lowest BCUT2D eigenvalue weighted by atomic mass is 10.2. The van der Waals surface area contributed by atoms with Crippen molar-refractivity contribution in [2.45, 2.75) is 25.9 Å². The van der Waals surface area contributed by atoms with Crippen molar-refractivity contribution in [3.63, 3.8) is 0 Å². The Bertz CT molecular complexity index is 400. The summed E-state index contributed by atoms with van der Waals surface area (Å²) in [6.45, 7) is 3.06. The smallest absolute Gasteiger partial charge is 0.257 e. The monoisotopic (exact) mass is 223 g/mol. The molecule has 1 aliphatic heterocycles. The van der Waals surface area contributed by atoms with Crippen LogP contribution in [0.4, 0.5) is 0 Å². The molecule has 1 saturated heterocycles. The minimum Gasteiger partial charge on any atom is -0.391 e. The summed E-state index contributed by atoms with van der Waals surface area (Å²) >= 11 is 0. The number of aryl methyl sites for hydroxylation is 2. The van der Waals surface area contributed by atoms with Gasteiger partial charge < -0.3 is 10.0 Å². The third kappa shape index (κ3) is 1.95. The molecule has 0 bridgehead atoms. The van der Waals surface area contributed by atoms with Crippen LogP contribution in [0.5, 0.6) is 0 Å². The van der Waals surface area contributed by atoms with Gasteiger partial charge in [0, 0.05) is 26.3 Å². The SMILES string of the molecule is CCc1nn(C)cc1C(=O)N1CCC(O)C1. The molecule has 1 N–H and O–H groups in total. The van der Waals surface area contributed by atoms with Gasteiger partial charge in [0.1, 0.15) is 0 Å². The van der Waals surface area contributed by atoms with Crippen molar-refractivity contribution in [2.24, 2.45) is 7.05 Å². The predicted octanol–water partition coefficient (Wildman–Crippen LogP) is 0.189. The van der Waals surface area contributed by atoms with Gasteiger partial charge in [0.15, 0.2) is 0 Å². The Morgan fingerprint density at radius 2 is 2.44 bits per heavy atom. The minimum atomic E-state index is -0.370. The Balaban J connectivity index is 2.20. The summed E-state index contributed by atoms with van der Waals surface area (Å²) < 4.78 is 1.67. The molecule has 1 aromatic heterocycles. The molecule has 1 aliphatic rings. The highest BCUT2D eigenvalue weighted by molar-refractivity contribution is 5.95. The maximum absolute atomic E-state index is 12.1. The van der Waals surface area contributed by atoms with Crippen LogP contribution < -0.4 is 0 Å². The predicted molar refractivity (Wildman–Crippen MR) is 59.1 cm³/mol. The van der Waals surface area contributed by atoms with Crippen molar-refractivity contribution < 1.29 is 9.90 Å². The van der Waals surface area contributed by atoms with Gasteiger partial charge in [0.2, 0.25) is 0 Å². The summed E-state index contributed by atoms with van der Waals surface area (Å²) in [5, 5.41) is 13.7. The molecular formula is C11H17N3O2. The Labute approximate surface area is 94.7 Å². The Morgan fingerprint density at radius 1 is 1.69 bits per heavy atom. The molecule has 0 spiro atoms. The molecule has 0 aliphatic carbocycles. The van der Waals surface area contributed by atoms with Gasteiger partial charge in [0.25, 0.3) is 5.91 Å². The van der Waals surface area contributed by atoms with Crippen LogP contribution in [0.2, 0.25) is 0 Å². The molecule has 1 fully saturated rings. The summed E-state index contributed by atoms with van der Waals surface area (Å²) in [6, 6.07) is 0. The highest BCUT2D eigenvalue weighted by Crippen LogP contribution is 2.16. The molecule has 1 atom stereocenters. The topological polar surface area (TPSA) is 58.4 Å². The Hall–Kier alpha value is -1.36. The van der Waals surface area contributed by atoms with Gasteiger partial charge in [0.05, 0.1) is 17.4 Å². The highest BCUT2D eigenvalue weighted by Gasteiger charge is 2.27. The second-order valence-electron chi connectivity index (χ2n) is 4.21. The van der Waals surface area contributed by atoms with E-state index >= 15 is 0 Å². The van der Waals surface area contributed by atoms with Gasteiger partial charge in [-0.15, -0.1) is 0 Å². The van der Waals surface area contributed by atoms with Crippen LogP contribution in [-0.4, -0.2) is 44.9 Å². The number of rotatable bonds is 2. The molecule has 1 unspecified atom stereocenters. The quantitative estimate of drug-likeness (QED) is 0.778. The first-order valence-corrected chi connectivity index (χ1v) is 5.61. The van der Waals surface area contributed by atoms with Gasteiger partial charge in [-0.25, -0.2) is 0 Å². The Kier molecular flexibility index (Phi) is 2.96. The molecule has 0 radical (unpaired) electrons. The fraction of sp³-hybridized carbons (Fsp3) is 0.636. The molecule has 0 aromatic carbocycles. The molecule has 1 amide bonds. The fourth-order valence-electron chi connectivity index (χ4n) is 2.07. The van der Waals surface area contributed by atoms with Gasteiger partial charge in [-0.1, -0.05) is 6.92 Å². The number of aliphatic hydroxyl groups excluding tert-OH is 1. The number of nitrogens with zero attached hydrogens (tertiary/aromatic N) is 3. The summed E-state index contributed by atoms with van der Waals surface area (Å²) in [4.78, 5) is 13.8. The second-order valence-corrected chi connectivity index (χ2v) is 4.21. The fourth-order valence-corrected chi connectivity index (χ4v) is 2.07. The van der Waals surface area contributed by atoms with E-state index in [0.717, 1.165) is 12.1 Å².